The van der Waals surface area contributed by atoms with Gasteiger partial charge in [0, 0.05) is 18.3 Å². The topological polar surface area (TPSA) is 112 Å². The summed E-state index contributed by atoms with van der Waals surface area (Å²) in [6.07, 6.45) is 0. The molecule has 1 heterocycles. The van der Waals surface area contributed by atoms with Gasteiger partial charge in [-0.2, -0.15) is 10.2 Å². The second-order valence-electron chi connectivity index (χ2n) is 6.56. The number of hydrogen-bond donors (Lipinski definition) is 4. The number of aromatic nitrogens is 2. The summed E-state index contributed by atoms with van der Waals surface area (Å²) in [4.78, 5) is 11.0. The second kappa shape index (κ2) is 9.74. The highest BCUT2D eigenvalue weighted by Gasteiger charge is 2.20. The minimum Gasteiger partial charge on any atom is -0.504 e. The van der Waals surface area contributed by atoms with Crippen LogP contribution in [0, 0.1) is 0 Å². The number of thiocarbonyl (C=S) groups is 1. The molecule has 4 N–H and O–H groups in total. The van der Waals surface area contributed by atoms with E-state index in [0.29, 0.717) is 32.7 Å². The first kappa shape index (κ1) is 23.8. The molecule has 0 aliphatic heterocycles. The lowest BCUT2D eigenvalue weighted by molar-refractivity contribution is 0.0697. The van der Waals surface area contributed by atoms with E-state index in [0.717, 1.165) is 0 Å². The number of benzene rings is 2. The molecule has 1 aromatic heterocycles. The minimum absolute atomic E-state index is 0.0200. The number of carboxylic acids is 1. The molecule has 32 heavy (non-hydrogen) atoms. The van der Waals surface area contributed by atoms with E-state index < -0.39 is 5.97 Å². The van der Waals surface area contributed by atoms with E-state index in [9.17, 15) is 9.90 Å². The van der Waals surface area contributed by atoms with Crippen molar-refractivity contribution in [3.05, 3.63) is 62.7 Å². The molecule has 0 radical (unpaired) electrons. The molecule has 12 heteroatoms. The lowest BCUT2D eigenvalue weighted by Gasteiger charge is -2.09. The number of aromatic hydroxyl groups is 1. The maximum Gasteiger partial charge on any atom is 0.337 e. The zero-order chi connectivity index (χ0) is 23.6. The molecule has 0 bridgehead atoms. The lowest BCUT2D eigenvalue weighted by Crippen LogP contribution is -2.25. The van der Waals surface area contributed by atoms with Crippen LogP contribution in [-0.2, 0) is 7.05 Å². The highest BCUT2D eigenvalue weighted by atomic mass is 35.5. The summed E-state index contributed by atoms with van der Waals surface area (Å²) in [5.41, 5.74) is 4.81. The summed E-state index contributed by atoms with van der Waals surface area (Å²) in [6, 6.07) is 9.31. The van der Waals surface area contributed by atoms with E-state index in [1.165, 1.54) is 22.9 Å². The zero-order valence-corrected chi connectivity index (χ0v) is 19.7. The Bertz CT molecular complexity index is 1260. The molecular formula is C20H16Cl3N5O3S. The smallest absolute Gasteiger partial charge is 0.337 e. The van der Waals surface area contributed by atoms with Gasteiger partial charge in [-0.1, -0.05) is 40.9 Å². The number of anilines is 1. The maximum absolute atomic E-state index is 11.0. The fourth-order valence-corrected chi connectivity index (χ4v) is 3.56. The van der Waals surface area contributed by atoms with Gasteiger partial charge in [0.1, 0.15) is 5.69 Å². The average molecular weight is 513 g/mol. The van der Waals surface area contributed by atoms with Crippen LogP contribution in [0.4, 0.5) is 5.69 Å². The monoisotopic (exact) mass is 511 g/mol. The number of carboxylic acid groups (broad SMARTS) is 1. The van der Waals surface area contributed by atoms with Gasteiger partial charge >= 0.3 is 5.97 Å². The fourth-order valence-electron chi connectivity index (χ4n) is 2.84. The van der Waals surface area contributed by atoms with Crippen molar-refractivity contribution in [3.8, 4) is 17.0 Å². The molecule has 0 saturated carbocycles. The second-order valence-corrected chi connectivity index (χ2v) is 8.19. The molecule has 0 aliphatic rings. The molecule has 0 saturated heterocycles. The van der Waals surface area contributed by atoms with Crippen LogP contribution in [0.25, 0.3) is 11.3 Å². The SMILES string of the molecule is C/C(=N/NC(=S)Nc1ccc(C(=O)O)c(Cl)c1)c1nn(C)c(-c2ccc(Cl)c(Cl)c2)c1O. The Labute approximate surface area is 203 Å². The van der Waals surface area contributed by atoms with Crippen molar-refractivity contribution in [1.29, 1.82) is 0 Å². The van der Waals surface area contributed by atoms with Gasteiger partial charge in [0.25, 0.3) is 0 Å². The Kier molecular flexibility index (Phi) is 7.25. The van der Waals surface area contributed by atoms with E-state index in [4.69, 9.17) is 52.1 Å². The van der Waals surface area contributed by atoms with E-state index >= 15 is 0 Å². The predicted molar refractivity (Wildman–Crippen MR) is 130 cm³/mol. The van der Waals surface area contributed by atoms with Crippen LogP contribution in [-0.4, -0.2) is 36.8 Å². The van der Waals surface area contributed by atoms with Gasteiger partial charge in [-0.3, -0.25) is 10.1 Å². The predicted octanol–water partition coefficient (Wildman–Crippen LogP) is 5.16. The van der Waals surface area contributed by atoms with Crippen molar-refractivity contribution in [2.75, 3.05) is 5.32 Å². The van der Waals surface area contributed by atoms with Crippen molar-refractivity contribution >= 4 is 69.5 Å². The zero-order valence-electron chi connectivity index (χ0n) is 16.7. The summed E-state index contributed by atoms with van der Waals surface area (Å²) < 4.78 is 1.51. The van der Waals surface area contributed by atoms with Crippen molar-refractivity contribution in [2.24, 2.45) is 12.1 Å². The molecule has 8 nitrogen and oxygen atoms in total. The molecular weight excluding hydrogens is 497 g/mol. The summed E-state index contributed by atoms with van der Waals surface area (Å²) in [5, 5.41) is 32.0. The van der Waals surface area contributed by atoms with Crippen molar-refractivity contribution in [1.82, 2.24) is 15.2 Å². The van der Waals surface area contributed by atoms with Gasteiger partial charge in [-0.25, -0.2) is 4.79 Å². The van der Waals surface area contributed by atoms with Crippen LogP contribution in [0.2, 0.25) is 15.1 Å². The lowest BCUT2D eigenvalue weighted by atomic mass is 10.1. The van der Waals surface area contributed by atoms with Gasteiger partial charge in [0.05, 0.1) is 26.3 Å². The van der Waals surface area contributed by atoms with E-state index in [1.807, 2.05) is 0 Å². The van der Waals surface area contributed by atoms with E-state index in [2.05, 4.69) is 20.9 Å². The Morgan fingerprint density at radius 2 is 1.84 bits per heavy atom. The highest BCUT2D eigenvalue weighted by molar-refractivity contribution is 7.80. The molecule has 0 atom stereocenters. The molecule has 0 aliphatic carbocycles. The number of nitrogens with zero attached hydrogens (tertiary/aromatic N) is 3. The van der Waals surface area contributed by atoms with Crippen LogP contribution in [0.3, 0.4) is 0 Å². The number of nitrogens with one attached hydrogen (secondary N) is 2. The van der Waals surface area contributed by atoms with Gasteiger partial charge in [-0.15, -0.1) is 0 Å². The quantitative estimate of drug-likeness (QED) is 0.212. The molecule has 3 rings (SSSR count). The summed E-state index contributed by atoms with van der Waals surface area (Å²) >= 11 is 23.2. The van der Waals surface area contributed by atoms with Gasteiger partial charge in [0.15, 0.2) is 16.6 Å². The number of halogens is 3. The Morgan fingerprint density at radius 3 is 2.47 bits per heavy atom. The van der Waals surface area contributed by atoms with Gasteiger partial charge in [0.2, 0.25) is 0 Å². The van der Waals surface area contributed by atoms with E-state index in [1.54, 1.807) is 32.2 Å². The first-order valence-electron chi connectivity index (χ1n) is 8.94. The summed E-state index contributed by atoms with van der Waals surface area (Å²) in [6.45, 7) is 1.65. The van der Waals surface area contributed by atoms with Crippen molar-refractivity contribution in [3.63, 3.8) is 0 Å². The standard InChI is InChI=1S/C20H16Cl3N5O3S/c1-9(25-26-20(32)24-11-4-5-12(19(30)31)14(22)8-11)16-18(29)17(28(2)27-16)10-3-6-13(21)15(23)7-10/h3-8,29H,1-2H3,(H,30,31)(H2,24,26,32)/b25-9-. The number of hydrogen-bond acceptors (Lipinski definition) is 5. The number of aryl methyl sites for hydroxylation is 1. The highest BCUT2D eigenvalue weighted by Crippen LogP contribution is 2.35. The number of hydrazone groups is 1. The largest absolute Gasteiger partial charge is 0.504 e. The van der Waals surface area contributed by atoms with Crippen LogP contribution < -0.4 is 10.7 Å². The number of aromatic carboxylic acids is 1. The van der Waals surface area contributed by atoms with E-state index in [-0.39, 0.29) is 27.1 Å². The summed E-state index contributed by atoms with van der Waals surface area (Å²) in [7, 11) is 1.68. The first-order valence-corrected chi connectivity index (χ1v) is 10.5. The summed E-state index contributed by atoms with van der Waals surface area (Å²) in [5.74, 6) is -1.21. The third-order valence-corrected chi connectivity index (χ3v) is 5.59. The molecule has 0 amide bonds. The Hall–Kier alpha value is -2.85. The van der Waals surface area contributed by atoms with Crippen molar-refractivity contribution in [2.45, 2.75) is 6.92 Å². The number of carbonyl (C=O) groups is 1. The van der Waals surface area contributed by atoms with Crippen LogP contribution in [0.15, 0.2) is 41.5 Å². The maximum atomic E-state index is 11.0. The third-order valence-electron chi connectivity index (χ3n) is 4.34. The van der Waals surface area contributed by atoms with Crippen LogP contribution >= 0.6 is 47.0 Å². The molecule has 3 aromatic rings. The average Bonchev–Trinajstić information content (AvgIpc) is 3.02. The number of rotatable bonds is 5. The van der Waals surface area contributed by atoms with Crippen LogP contribution in [0.1, 0.15) is 23.0 Å². The molecule has 166 valence electrons. The van der Waals surface area contributed by atoms with Gasteiger partial charge in [-0.05, 0) is 49.5 Å². The van der Waals surface area contributed by atoms with Gasteiger partial charge < -0.3 is 15.5 Å². The van der Waals surface area contributed by atoms with Crippen molar-refractivity contribution < 1.29 is 15.0 Å². The minimum atomic E-state index is -1.13. The molecule has 0 unspecified atom stereocenters. The molecule has 0 fully saturated rings. The normalized spacial score (nSPS) is 11.3. The Morgan fingerprint density at radius 1 is 1.12 bits per heavy atom. The Balaban J connectivity index is 1.76. The fraction of sp³-hybridized carbons (Fsp3) is 0.100. The first-order chi connectivity index (χ1) is 15.1. The third kappa shape index (κ3) is 5.13. The molecule has 0 spiro atoms. The van der Waals surface area contributed by atoms with Crippen LogP contribution in [0.5, 0.6) is 5.75 Å². The molecule has 2 aromatic carbocycles.